The van der Waals surface area contributed by atoms with E-state index in [9.17, 15) is 14.7 Å². The molecule has 0 saturated heterocycles. The van der Waals surface area contributed by atoms with E-state index >= 15 is 0 Å². The molecular weight excluding hydrogens is 476 g/mol. The highest BCUT2D eigenvalue weighted by molar-refractivity contribution is 5.96. The molecule has 1 spiro atoms. The van der Waals surface area contributed by atoms with Crippen molar-refractivity contribution in [3.8, 4) is 5.75 Å². The quantitative estimate of drug-likeness (QED) is 0.364. The first kappa shape index (κ1) is 23.2. The number of rotatable bonds is 3. The van der Waals surface area contributed by atoms with E-state index in [0.29, 0.717) is 30.6 Å². The monoisotopic (exact) mass is 504 g/mol. The summed E-state index contributed by atoms with van der Waals surface area (Å²) >= 11 is 0. The molecule has 1 saturated carbocycles. The van der Waals surface area contributed by atoms with Crippen molar-refractivity contribution in [2.24, 2.45) is 5.92 Å². The van der Waals surface area contributed by atoms with Gasteiger partial charge in [-0.25, -0.2) is 4.79 Å². The molecule has 0 amide bonds. The average molecular weight is 505 g/mol. The second-order valence-electron chi connectivity index (χ2n) is 10.7. The Morgan fingerprint density at radius 2 is 1.61 bits per heavy atom. The van der Waals surface area contributed by atoms with Gasteiger partial charge in [0.25, 0.3) is 0 Å². The summed E-state index contributed by atoms with van der Waals surface area (Å²) in [5.74, 6) is -0.234. The summed E-state index contributed by atoms with van der Waals surface area (Å²) in [5.41, 5.74) is 3.20. The minimum absolute atomic E-state index is 0.0485. The smallest absolute Gasteiger partial charge is 0.338 e. The van der Waals surface area contributed by atoms with Crippen molar-refractivity contribution in [2.45, 2.75) is 42.8 Å². The van der Waals surface area contributed by atoms with Crippen LogP contribution in [0.5, 0.6) is 5.75 Å². The molecule has 190 valence electrons. The third-order valence-corrected chi connectivity index (χ3v) is 9.01. The van der Waals surface area contributed by atoms with Gasteiger partial charge in [-0.2, -0.15) is 0 Å². The van der Waals surface area contributed by atoms with Gasteiger partial charge < -0.3 is 14.6 Å². The summed E-state index contributed by atoms with van der Waals surface area (Å²) in [5, 5.41) is 13.9. The number of aliphatic hydroxyl groups is 1. The Labute approximate surface area is 221 Å². The van der Waals surface area contributed by atoms with Crippen LogP contribution in [0.1, 0.15) is 57.5 Å². The lowest BCUT2D eigenvalue weighted by atomic mass is 9.60. The van der Waals surface area contributed by atoms with Gasteiger partial charge in [-0.3, -0.25) is 4.79 Å². The number of methoxy groups -OCH3 is 1. The molecule has 3 aliphatic rings. The molecule has 0 radical (unpaired) electrons. The van der Waals surface area contributed by atoms with Gasteiger partial charge >= 0.3 is 5.97 Å². The Kier molecular flexibility index (Phi) is 5.21. The average Bonchev–Trinajstić information content (AvgIpc) is 3.41. The number of carbonyl (C=O) groups excluding carboxylic acids is 2. The topological polar surface area (TPSA) is 72.8 Å². The molecule has 4 aromatic carbocycles. The van der Waals surface area contributed by atoms with E-state index in [1.165, 1.54) is 0 Å². The molecule has 0 bridgehead atoms. The van der Waals surface area contributed by atoms with Gasteiger partial charge in [0.15, 0.2) is 0 Å². The van der Waals surface area contributed by atoms with E-state index in [4.69, 9.17) is 9.47 Å². The van der Waals surface area contributed by atoms with Crippen molar-refractivity contribution >= 4 is 22.5 Å². The number of hydrogen-bond donors (Lipinski definition) is 1. The molecule has 0 aromatic heterocycles. The van der Waals surface area contributed by atoms with Crippen LogP contribution in [0.25, 0.3) is 10.8 Å². The maximum atomic E-state index is 14.0. The summed E-state index contributed by atoms with van der Waals surface area (Å²) in [7, 11) is 1.61. The zero-order valence-corrected chi connectivity index (χ0v) is 21.1. The number of ether oxygens (including phenoxy) is 2. The molecule has 0 aliphatic heterocycles. The van der Waals surface area contributed by atoms with E-state index in [0.717, 1.165) is 33.0 Å². The lowest BCUT2D eigenvalue weighted by molar-refractivity contribution is -0.129. The van der Waals surface area contributed by atoms with Gasteiger partial charge in [-0.05, 0) is 76.2 Å². The highest BCUT2D eigenvalue weighted by Gasteiger charge is 2.66. The van der Waals surface area contributed by atoms with Crippen molar-refractivity contribution in [3.05, 3.63) is 113 Å². The summed E-state index contributed by atoms with van der Waals surface area (Å²) in [6, 6.07) is 27.2. The lowest BCUT2D eigenvalue weighted by Crippen LogP contribution is -2.49. The van der Waals surface area contributed by atoms with Crippen LogP contribution < -0.4 is 4.74 Å². The zero-order valence-electron chi connectivity index (χ0n) is 21.1. The predicted molar refractivity (Wildman–Crippen MR) is 143 cm³/mol. The maximum Gasteiger partial charge on any atom is 0.338 e. The molecule has 0 heterocycles. The van der Waals surface area contributed by atoms with Crippen LogP contribution in [0.3, 0.4) is 0 Å². The van der Waals surface area contributed by atoms with E-state index in [1.807, 2.05) is 48.5 Å². The fourth-order valence-corrected chi connectivity index (χ4v) is 7.43. The molecule has 4 aromatic rings. The molecule has 1 fully saturated rings. The number of esters is 1. The molecule has 3 unspecified atom stereocenters. The van der Waals surface area contributed by atoms with Gasteiger partial charge in [0.05, 0.1) is 24.2 Å². The first-order chi connectivity index (χ1) is 18.5. The highest BCUT2D eigenvalue weighted by atomic mass is 16.5. The summed E-state index contributed by atoms with van der Waals surface area (Å²) < 4.78 is 11.8. The van der Waals surface area contributed by atoms with Crippen molar-refractivity contribution < 1.29 is 24.2 Å². The Morgan fingerprint density at radius 1 is 0.895 bits per heavy atom. The van der Waals surface area contributed by atoms with Crippen LogP contribution in [-0.2, 0) is 21.4 Å². The summed E-state index contributed by atoms with van der Waals surface area (Å²) in [6.45, 7) is 0. The number of aryl methyl sites for hydroxylation is 1. The van der Waals surface area contributed by atoms with Crippen LogP contribution in [0, 0.1) is 5.92 Å². The van der Waals surface area contributed by atoms with Crippen molar-refractivity contribution in [3.63, 3.8) is 0 Å². The number of fused-ring (bicyclic) bond motifs is 7. The third-order valence-electron chi connectivity index (χ3n) is 9.01. The van der Waals surface area contributed by atoms with Gasteiger partial charge in [0.1, 0.15) is 17.6 Å². The maximum absolute atomic E-state index is 14.0. The number of ketones is 1. The minimum atomic E-state index is -1.11. The van der Waals surface area contributed by atoms with Gasteiger partial charge in [0, 0.05) is 18.3 Å². The second kappa shape index (κ2) is 8.53. The Balaban J connectivity index is 1.44. The zero-order chi connectivity index (χ0) is 26.0. The molecule has 5 heteroatoms. The standard InChI is InChI=1S/C33H28O5/c1-37-23-13-11-19-12-14-28(34)33(27(19)17-23)29(35)18-26-30(33)24-15-21-9-5-6-10-22(21)16-25(24)31(26)38-32(36)20-7-3-2-4-8-20/h2-11,13,15-17,26,29-31,35H,12,14,18H2,1H3/t26?,29-,30?,31-,33?/m1/s1. The first-order valence-electron chi connectivity index (χ1n) is 13.2. The predicted octanol–water partition coefficient (Wildman–Crippen LogP) is 5.68. The number of carbonyl (C=O) groups is 2. The lowest BCUT2D eigenvalue weighted by Gasteiger charge is -2.42. The van der Waals surface area contributed by atoms with Crippen molar-refractivity contribution in [2.75, 3.05) is 7.11 Å². The van der Waals surface area contributed by atoms with E-state index < -0.39 is 23.6 Å². The second-order valence-corrected chi connectivity index (χ2v) is 10.7. The highest BCUT2D eigenvalue weighted by Crippen LogP contribution is 2.66. The van der Waals surface area contributed by atoms with Crippen LogP contribution >= 0.6 is 0 Å². The molecule has 38 heavy (non-hydrogen) atoms. The molecule has 7 rings (SSSR count). The fourth-order valence-electron chi connectivity index (χ4n) is 7.43. The Morgan fingerprint density at radius 3 is 2.34 bits per heavy atom. The molecule has 5 atom stereocenters. The van der Waals surface area contributed by atoms with Gasteiger partial charge in [-0.15, -0.1) is 0 Å². The third kappa shape index (κ3) is 3.15. The van der Waals surface area contributed by atoms with E-state index in [2.05, 4.69) is 24.3 Å². The van der Waals surface area contributed by atoms with Crippen molar-refractivity contribution in [1.82, 2.24) is 0 Å². The first-order valence-corrected chi connectivity index (χ1v) is 13.2. The number of Topliss-reactive ketones (excluding diaryl/α,β-unsaturated/α-hetero) is 1. The van der Waals surface area contributed by atoms with Crippen LogP contribution in [0.2, 0.25) is 0 Å². The SMILES string of the molecule is COc1ccc2c(c1)C1(C(=O)CC2)C2c3cc4ccccc4cc3[C@@H](OC(=O)c3ccccc3)C2C[C@H]1O. The Bertz CT molecular complexity index is 1590. The number of aliphatic hydroxyl groups excluding tert-OH is 1. The van der Waals surface area contributed by atoms with E-state index in [-0.39, 0.29) is 17.6 Å². The Hall–Kier alpha value is -3.96. The fraction of sp³-hybridized carbons (Fsp3) is 0.273. The molecule has 3 aliphatic carbocycles. The van der Waals surface area contributed by atoms with Crippen LogP contribution in [0.4, 0.5) is 0 Å². The normalized spacial score (nSPS) is 27.2. The van der Waals surface area contributed by atoms with Gasteiger partial charge in [0.2, 0.25) is 0 Å². The van der Waals surface area contributed by atoms with Crippen molar-refractivity contribution in [1.29, 1.82) is 0 Å². The van der Waals surface area contributed by atoms with Crippen LogP contribution in [-0.4, -0.2) is 30.1 Å². The number of hydrogen-bond acceptors (Lipinski definition) is 5. The van der Waals surface area contributed by atoms with E-state index in [1.54, 1.807) is 19.2 Å². The molecular formula is C33H28O5. The number of benzene rings is 4. The van der Waals surface area contributed by atoms with Crippen LogP contribution in [0.15, 0.2) is 84.9 Å². The van der Waals surface area contributed by atoms with Gasteiger partial charge in [-0.1, -0.05) is 54.6 Å². The summed E-state index contributed by atoms with van der Waals surface area (Å²) in [6.07, 6.45) is -0.0816. The molecule has 5 nitrogen and oxygen atoms in total. The largest absolute Gasteiger partial charge is 0.497 e. The summed E-state index contributed by atoms with van der Waals surface area (Å²) in [4.78, 5) is 27.3. The minimum Gasteiger partial charge on any atom is -0.497 e. The molecule has 1 N–H and O–H groups in total.